The maximum atomic E-state index is 15.5. The van der Waals surface area contributed by atoms with Crippen LogP contribution in [-0.2, 0) is 57.5 Å². The van der Waals surface area contributed by atoms with E-state index in [4.69, 9.17) is 33.1 Å². The second kappa shape index (κ2) is 19.9. The molecule has 3 aromatic carbocycles. The molecule has 1 amide bonds. The summed E-state index contributed by atoms with van der Waals surface area (Å²) >= 11 is 0. The topological polar surface area (TPSA) is 314 Å². The fourth-order valence-electron chi connectivity index (χ4n) is 10.2. The minimum absolute atomic E-state index is 0.00289. The van der Waals surface area contributed by atoms with E-state index in [0.717, 1.165) is 13.8 Å². The zero-order chi connectivity index (χ0) is 50.9. The molecule has 0 radical (unpaired) electrons. The molecule has 0 spiro atoms. The largest absolute Gasteiger partial charge is 0.468 e. The molecule has 0 aromatic heterocycles. The van der Waals surface area contributed by atoms with Crippen LogP contribution in [0.2, 0.25) is 0 Å². The maximum Gasteiger partial charge on any atom is 0.468 e. The van der Waals surface area contributed by atoms with Crippen LogP contribution in [0.4, 0.5) is 0 Å². The molecule has 21 nitrogen and oxygen atoms in total. The lowest BCUT2D eigenvalue weighted by atomic mass is 9.44. The van der Waals surface area contributed by atoms with Crippen LogP contribution in [0, 0.1) is 21.7 Å². The molecule has 3 aromatic rings. The van der Waals surface area contributed by atoms with Gasteiger partial charge in [-0.2, -0.15) is 8.42 Å². The van der Waals surface area contributed by atoms with Crippen molar-refractivity contribution in [3.8, 4) is 0 Å². The first-order valence-corrected chi connectivity index (χ1v) is 22.9. The summed E-state index contributed by atoms with van der Waals surface area (Å²) in [6, 6.07) is 22.9. The Hall–Kier alpha value is -6.43. The van der Waals surface area contributed by atoms with Gasteiger partial charge in [0.2, 0.25) is 0 Å². The van der Waals surface area contributed by atoms with Crippen LogP contribution in [0.25, 0.3) is 0 Å². The summed E-state index contributed by atoms with van der Waals surface area (Å²) in [7, 11) is -4.65. The predicted molar refractivity (Wildman–Crippen MR) is 236 cm³/mol. The Morgan fingerprint density at radius 3 is 1.91 bits per heavy atom. The Balaban J connectivity index is 0.00000104. The van der Waals surface area contributed by atoms with Gasteiger partial charge in [0.25, 0.3) is 5.91 Å². The van der Waals surface area contributed by atoms with Crippen molar-refractivity contribution in [1.29, 1.82) is 0 Å². The SMILES string of the molecule is CC(=O)O[C@H]1C(=O)[C@@]2(C)[C@H]([C@H](OC(=O)c3ccccc3)[C@]3(O)C[C@H](OC(=O)[C@H](O)[C@@H](NC(=O)c4ccccc4)c4ccccc4)C(C)=C1C3(C)C)[C@]1(OC(C)=O)CO[C@@H]1C[C@@H]2O.O=NOS(=O)(=O)O. The molecule has 5 N–H and O–H groups in total. The number of hydrogen-bond donors (Lipinski definition) is 5. The van der Waals surface area contributed by atoms with Crippen LogP contribution in [0.1, 0.15) is 86.7 Å². The molecule has 4 aliphatic rings. The number of rotatable bonds is 12. The van der Waals surface area contributed by atoms with Crippen molar-refractivity contribution in [1.82, 2.24) is 5.32 Å². The summed E-state index contributed by atoms with van der Waals surface area (Å²) in [5.74, 6) is -6.84. The van der Waals surface area contributed by atoms with Crippen molar-refractivity contribution in [3.63, 3.8) is 0 Å². The molecular weight excluding hydrogens is 929 g/mol. The number of hydrogen-bond acceptors (Lipinski definition) is 19. The Morgan fingerprint density at radius 1 is 0.855 bits per heavy atom. The number of amides is 1. The number of aliphatic hydroxyl groups excluding tert-OH is 2. The highest BCUT2D eigenvalue weighted by Gasteiger charge is 2.78. The molecule has 3 fully saturated rings. The number of aliphatic hydroxyl groups is 3. The van der Waals surface area contributed by atoms with Crippen molar-refractivity contribution < 1.29 is 85.0 Å². The van der Waals surface area contributed by atoms with E-state index < -0.39 is 123 Å². The van der Waals surface area contributed by atoms with Crippen LogP contribution in [0.5, 0.6) is 0 Å². The molecule has 1 heterocycles. The van der Waals surface area contributed by atoms with Gasteiger partial charge in [-0.05, 0) is 54.8 Å². The summed E-state index contributed by atoms with van der Waals surface area (Å²) < 4.78 is 59.1. The monoisotopic (exact) mass is 980 g/mol. The normalized spacial score (nSPS) is 29.7. The quantitative estimate of drug-likeness (QED) is 0.0434. The van der Waals surface area contributed by atoms with E-state index in [0.29, 0.717) is 5.56 Å². The van der Waals surface area contributed by atoms with Crippen molar-refractivity contribution in [2.24, 2.45) is 22.1 Å². The van der Waals surface area contributed by atoms with Crippen molar-refractivity contribution >= 4 is 46.0 Å². The van der Waals surface area contributed by atoms with Gasteiger partial charge in [-0.1, -0.05) is 80.6 Å². The number of Topliss-reactive ketones (excluding diaryl/α,β-unsaturated/α-hetero) is 1. The van der Waals surface area contributed by atoms with Gasteiger partial charge in [0.05, 0.1) is 35.6 Å². The van der Waals surface area contributed by atoms with E-state index in [1.807, 2.05) is 0 Å². The Morgan fingerprint density at radius 2 is 1.42 bits per heavy atom. The summed E-state index contributed by atoms with van der Waals surface area (Å²) in [4.78, 5) is 92.3. The summed E-state index contributed by atoms with van der Waals surface area (Å²) in [5, 5.41) is 41.7. The van der Waals surface area contributed by atoms with Gasteiger partial charge in [-0.15, -0.1) is 4.91 Å². The third-order valence-electron chi connectivity index (χ3n) is 13.6. The lowest BCUT2D eigenvalue weighted by Gasteiger charge is -2.67. The zero-order valence-corrected chi connectivity index (χ0v) is 39.0. The number of ether oxygens (including phenoxy) is 5. The van der Waals surface area contributed by atoms with Crippen LogP contribution in [0.3, 0.4) is 0 Å². The van der Waals surface area contributed by atoms with Crippen LogP contribution in [-0.4, -0.2) is 118 Å². The van der Waals surface area contributed by atoms with Gasteiger partial charge in [-0.3, -0.25) is 23.7 Å². The predicted octanol–water partition coefficient (Wildman–Crippen LogP) is 3.22. The first-order chi connectivity index (χ1) is 32.3. The highest BCUT2D eigenvalue weighted by atomic mass is 32.3. The third kappa shape index (κ3) is 9.90. The smallest absolute Gasteiger partial charge is 0.456 e. The van der Waals surface area contributed by atoms with E-state index in [-0.39, 0.29) is 35.3 Å². The highest BCUT2D eigenvalue weighted by Crippen LogP contribution is 2.64. The zero-order valence-electron chi connectivity index (χ0n) is 38.2. The second-order valence-corrected chi connectivity index (χ2v) is 18.9. The molecule has 1 saturated heterocycles. The number of carbonyl (C=O) groups excluding carboxylic acids is 6. The minimum Gasteiger partial charge on any atom is -0.456 e. The van der Waals surface area contributed by atoms with Gasteiger partial charge in [-0.25, -0.2) is 13.9 Å². The Labute approximate surface area is 395 Å². The van der Waals surface area contributed by atoms with Gasteiger partial charge in [0.15, 0.2) is 28.9 Å². The second-order valence-electron chi connectivity index (χ2n) is 17.9. The first-order valence-electron chi connectivity index (χ1n) is 21.5. The number of nitrogens with zero attached hydrogens (tertiary/aromatic N) is 1. The maximum absolute atomic E-state index is 15.5. The fourth-order valence-corrected chi connectivity index (χ4v) is 10.3. The molecule has 2 bridgehead atoms. The van der Waals surface area contributed by atoms with E-state index in [1.54, 1.807) is 92.7 Å². The molecule has 22 heteroatoms. The van der Waals surface area contributed by atoms with Crippen molar-refractivity contribution in [2.45, 2.75) is 108 Å². The molecule has 0 unspecified atom stereocenters. The van der Waals surface area contributed by atoms with Crippen LogP contribution >= 0.6 is 0 Å². The molecule has 2 saturated carbocycles. The van der Waals surface area contributed by atoms with Gasteiger partial charge in [0.1, 0.15) is 23.9 Å². The molecule has 7 rings (SSSR count). The highest BCUT2D eigenvalue weighted by molar-refractivity contribution is 7.80. The number of benzene rings is 3. The Bertz CT molecular complexity index is 2610. The van der Waals surface area contributed by atoms with Crippen LogP contribution < -0.4 is 5.32 Å². The number of nitrogens with one attached hydrogen (secondary N) is 1. The molecular formula is C47H52N2O19S. The number of fused-ring (bicyclic) bond motifs is 5. The number of ketones is 1. The summed E-state index contributed by atoms with van der Waals surface area (Å²) in [6.45, 7) is 7.97. The number of carbonyl (C=O) groups is 6. The van der Waals surface area contributed by atoms with E-state index in [2.05, 4.69) is 9.60 Å². The van der Waals surface area contributed by atoms with E-state index in [9.17, 15) is 47.7 Å². The van der Waals surface area contributed by atoms with Gasteiger partial charge in [0, 0.05) is 37.7 Å². The van der Waals surface area contributed by atoms with E-state index in [1.165, 1.54) is 31.3 Å². The van der Waals surface area contributed by atoms with E-state index >= 15 is 4.79 Å². The Kier molecular flexibility index (Phi) is 15.0. The molecule has 1 aliphatic heterocycles. The molecule has 3 aliphatic carbocycles. The first kappa shape index (κ1) is 52.0. The average Bonchev–Trinajstić information content (AvgIpc) is 3.29. The van der Waals surface area contributed by atoms with Gasteiger partial charge >= 0.3 is 34.3 Å². The standard InChI is InChI=1S/C47H51NO14.HNO5S/c1-25-31(60-43(56)36(52)35(28-16-10-7-11-17-28)48-41(54)29-18-12-8-13-19-29)23-47(57)40(61-42(55)30-20-14-9-15-21-30)38-45(6,32(51)22-33-46(38,24-58-33)62-27(3)50)39(53)37(59-26(2)49)34(25)44(47,4)5;2-1-6-7(3,4)5/h7-21,31-33,35-38,40,51-52,57H,22-24H2,1-6H3,(H,48,54);(H,3,4,5)/t31-,32-,33+,35-,36+,37+,38-,40-,45+,46-,47+;/m0./s1. The van der Waals surface area contributed by atoms with Crippen molar-refractivity contribution in [3.05, 3.63) is 124 Å². The summed E-state index contributed by atoms with van der Waals surface area (Å²) in [6.07, 6.45) is -10.5. The van der Waals surface area contributed by atoms with Crippen molar-refractivity contribution in [2.75, 3.05) is 6.61 Å². The lowest BCUT2D eigenvalue weighted by molar-refractivity contribution is -0.346. The molecule has 370 valence electrons. The minimum atomic E-state index is -4.65. The molecule has 69 heavy (non-hydrogen) atoms. The van der Waals surface area contributed by atoms with Crippen LogP contribution in [0.15, 0.2) is 107 Å². The number of esters is 4. The third-order valence-corrected chi connectivity index (χ3v) is 13.9. The average molecular weight is 981 g/mol. The van der Waals surface area contributed by atoms with Gasteiger partial charge < -0.3 is 44.3 Å². The fraction of sp³-hybridized carbons (Fsp3) is 0.447. The summed E-state index contributed by atoms with van der Waals surface area (Å²) in [5.41, 5.74) is -7.02. The lowest BCUT2D eigenvalue weighted by Crippen LogP contribution is -2.82. The molecule has 11 atom stereocenters.